The fourth-order valence-corrected chi connectivity index (χ4v) is 12.1. The van der Waals surface area contributed by atoms with Crippen LogP contribution in [0.5, 0.6) is 0 Å². The molecule has 0 fully saturated rings. The van der Waals surface area contributed by atoms with Crippen LogP contribution in [0.15, 0.2) is 12.2 Å². The molecule has 0 radical (unpaired) electrons. The highest BCUT2D eigenvalue weighted by Gasteiger charge is 2.30. The van der Waals surface area contributed by atoms with Gasteiger partial charge < -0.3 is 33.8 Å². The van der Waals surface area contributed by atoms with Crippen molar-refractivity contribution in [3.05, 3.63) is 12.2 Å². The average molecular weight is 1320 g/mol. The van der Waals surface area contributed by atoms with Gasteiger partial charge in [0.2, 0.25) is 0 Å². The van der Waals surface area contributed by atoms with Crippen molar-refractivity contribution < 1.29 is 80.2 Å². The molecule has 0 aromatic rings. The van der Waals surface area contributed by atoms with Gasteiger partial charge in [-0.2, -0.15) is 0 Å². The Hall–Kier alpha value is -2.20. The maximum atomic E-state index is 13.0. The van der Waals surface area contributed by atoms with Gasteiger partial charge in [-0.25, -0.2) is 9.13 Å². The Kier molecular flexibility index (Phi) is 63.9. The lowest BCUT2D eigenvalue weighted by atomic mass is 10.0. The smallest absolute Gasteiger partial charge is 0.462 e. The first kappa shape index (κ1) is 87.8. The number of allylic oxidation sites excluding steroid dienone is 2. The minimum atomic E-state index is -4.95. The summed E-state index contributed by atoms with van der Waals surface area (Å²) in [4.78, 5) is 72.6. The largest absolute Gasteiger partial charge is 0.472 e. The molecule has 0 bridgehead atoms. The topological polar surface area (TPSA) is 237 Å². The lowest BCUT2D eigenvalue weighted by Gasteiger charge is -2.21. The maximum absolute atomic E-state index is 13.0. The summed E-state index contributed by atoms with van der Waals surface area (Å²) in [6, 6.07) is 0. The van der Waals surface area contributed by atoms with Crippen LogP contribution in [0.2, 0.25) is 0 Å². The Labute approximate surface area is 549 Å². The number of phosphoric ester groups is 2. The molecule has 90 heavy (non-hydrogen) atoms. The van der Waals surface area contributed by atoms with Gasteiger partial charge in [-0.15, -0.1) is 0 Å². The molecule has 0 spiro atoms. The number of esters is 4. The molecule has 0 saturated heterocycles. The molecular weight excluding hydrogens is 1190 g/mol. The van der Waals surface area contributed by atoms with Crippen LogP contribution in [0.3, 0.4) is 0 Å². The van der Waals surface area contributed by atoms with E-state index in [-0.39, 0.29) is 25.7 Å². The van der Waals surface area contributed by atoms with Gasteiger partial charge >= 0.3 is 39.5 Å². The molecule has 0 aromatic heterocycles. The van der Waals surface area contributed by atoms with Crippen molar-refractivity contribution in [2.75, 3.05) is 39.6 Å². The van der Waals surface area contributed by atoms with Crippen molar-refractivity contribution in [1.82, 2.24) is 0 Å². The van der Waals surface area contributed by atoms with Crippen LogP contribution in [0.1, 0.15) is 362 Å². The van der Waals surface area contributed by atoms with Crippen molar-refractivity contribution in [2.24, 2.45) is 0 Å². The molecule has 19 heteroatoms. The molecule has 17 nitrogen and oxygen atoms in total. The van der Waals surface area contributed by atoms with E-state index in [0.29, 0.717) is 25.7 Å². The van der Waals surface area contributed by atoms with Crippen LogP contribution in [0.25, 0.3) is 0 Å². The quantitative estimate of drug-likeness (QED) is 0.0169. The normalized spacial score (nSPS) is 14.1. The number of hydrogen-bond donors (Lipinski definition) is 3. The van der Waals surface area contributed by atoms with Crippen LogP contribution in [-0.2, 0) is 65.4 Å². The van der Waals surface area contributed by atoms with Gasteiger partial charge in [-0.3, -0.25) is 37.3 Å². The highest BCUT2D eigenvalue weighted by molar-refractivity contribution is 7.47. The number of phosphoric acid groups is 2. The van der Waals surface area contributed by atoms with Crippen LogP contribution in [0, 0.1) is 0 Å². The van der Waals surface area contributed by atoms with Crippen molar-refractivity contribution >= 4 is 39.5 Å². The Bertz CT molecular complexity index is 1770. The van der Waals surface area contributed by atoms with E-state index in [1.54, 1.807) is 0 Å². The summed E-state index contributed by atoms with van der Waals surface area (Å²) in [5.41, 5.74) is 0. The number of aliphatic hydroxyl groups excluding tert-OH is 1. The fraction of sp³-hybridized carbons (Fsp3) is 0.915. The summed E-state index contributed by atoms with van der Waals surface area (Å²) >= 11 is 0. The molecule has 5 unspecified atom stereocenters. The summed E-state index contributed by atoms with van der Waals surface area (Å²) in [5.74, 6) is -2.13. The van der Waals surface area contributed by atoms with E-state index in [1.165, 1.54) is 180 Å². The van der Waals surface area contributed by atoms with E-state index in [9.17, 15) is 43.2 Å². The average Bonchev–Trinajstić information content (AvgIpc) is 3.73. The molecule has 0 aromatic carbocycles. The van der Waals surface area contributed by atoms with Gasteiger partial charge in [-0.05, 0) is 51.4 Å². The number of rotatable bonds is 71. The minimum absolute atomic E-state index is 0.0945. The van der Waals surface area contributed by atoms with Gasteiger partial charge in [0.1, 0.15) is 19.3 Å². The lowest BCUT2D eigenvalue weighted by Crippen LogP contribution is -2.30. The van der Waals surface area contributed by atoms with E-state index >= 15 is 0 Å². The van der Waals surface area contributed by atoms with Crippen LogP contribution >= 0.6 is 15.6 Å². The van der Waals surface area contributed by atoms with Crippen molar-refractivity contribution in [2.45, 2.75) is 380 Å². The Morgan fingerprint density at radius 1 is 0.300 bits per heavy atom. The second kappa shape index (κ2) is 65.5. The van der Waals surface area contributed by atoms with E-state index in [2.05, 4.69) is 39.8 Å². The predicted octanol–water partition coefficient (Wildman–Crippen LogP) is 20.4. The lowest BCUT2D eigenvalue weighted by molar-refractivity contribution is -0.161. The van der Waals surface area contributed by atoms with Crippen LogP contribution in [0.4, 0.5) is 0 Å². The second-order valence-corrected chi connectivity index (χ2v) is 28.2. The summed E-state index contributed by atoms with van der Waals surface area (Å²) in [6.45, 7) is 4.92. The zero-order valence-corrected chi connectivity index (χ0v) is 59.6. The minimum Gasteiger partial charge on any atom is -0.462 e. The first-order valence-electron chi connectivity index (χ1n) is 36.9. The van der Waals surface area contributed by atoms with E-state index in [4.69, 9.17) is 37.0 Å². The van der Waals surface area contributed by atoms with Gasteiger partial charge in [0.05, 0.1) is 26.4 Å². The standard InChI is InChI=1S/C71H136O17P2/c1-5-9-13-17-21-25-29-32-36-40-44-48-52-56-69(74)82-62-67(88-71(76)58-54-50-46-42-38-34-31-27-23-19-15-11-7-3)64-86-90(79,80)84-60-65(72)59-83-89(77,78)85-63-66(61-81-68(73)55-51-47-43-39-35-28-24-20-16-12-8-4)87-70(75)57-53-49-45-41-37-33-30-26-22-18-14-10-6-2/h27,31,65-67,72H,5-26,28-30,32-64H2,1-4H3,(H,77,78)(H,79,80)/b31-27-. The number of unbranched alkanes of at least 4 members (excludes halogenated alkanes) is 43. The predicted molar refractivity (Wildman–Crippen MR) is 363 cm³/mol. The molecule has 0 rings (SSSR count). The third kappa shape index (κ3) is 64.5. The number of carbonyl (C=O) groups excluding carboxylic acids is 4. The Morgan fingerprint density at radius 3 is 0.778 bits per heavy atom. The molecule has 0 aliphatic carbocycles. The van der Waals surface area contributed by atoms with E-state index in [0.717, 1.165) is 103 Å². The summed E-state index contributed by atoms with van der Waals surface area (Å²) in [5, 5.41) is 10.6. The van der Waals surface area contributed by atoms with Crippen molar-refractivity contribution in [3.63, 3.8) is 0 Å². The van der Waals surface area contributed by atoms with Gasteiger partial charge in [-0.1, -0.05) is 297 Å². The van der Waals surface area contributed by atoms with Gasteiger partial charge in [0, 0.05) is 25.7 Å². The Balaban J connectivity index is 5.27. The molecule has 0 amide bonds. The number of ether oxygens (including phenoxy) is 4. The highest BCUT2D eigenvalue weighted by atomic mass is 31.2. The Morgan fingerprint density at radius 2 is 0.511 bits per heavy atom. The van der Waals surface area contributed by atoms with E-state index < -0.39 is 97.5 Å². The molecule has 5 atom stereocenters. The van der Waals surface area contributed by atoms with E-state index in [1.807, 2.05) is 0 Å². The maximum Gasteiger partial charge on any atom is 0.472 e. The first-order valence-corrected chi connectivity index (χ1v) is 39.9. The summed E-state index contributed by atoms with van der Waals surface area (Å²) < 4.78 is 68.3. The summed E-state index contributed by atoms with van der Waals surface area (Å²) in [6.07, 6.45) is 54.9. The first-order chi connectivity index (χ1) is 43.7. The SMILES string of the molecule is CCCCCC/C=C\CCCCCCCC(=O)OC(COC(=O)CCCCCCCCCCCCCCC)COP(=O)(O)OCC(O)COP(=O)(O)OCC(COC(=O)CCCCCCCCCCCCC)OC(=O)CCCCCCCCCCCCCCC. The third-order valence-electron chi connectivity index (χ3n) is 16.3. The van der Waals surface area contributed by atoms with Crippen LogP contribution < -0.4 is 0 Å². The molecular formula is C71H136O17P2. The fourth-order valence-electron chi connectivity index (χ4n) is 10.6. The van der Waals surface area contributed by atoms with Crippen molar-refractivity contribution in [3.8, 4) is 0 Å². The monoisotopic (exact) mass is 1320 g/mol. The molecule has 0 saturated carbocycles. The zero-order valence-electron chi connectivity index (χ0n) is 57.9. The third-order valence-corrected chi connectivity index (χ3v) is 18.2. The van der Waals surface area contributed by atoms with Gasteiger partial charge in [0.15, 0.2) is 12.2 Å². The van der Waals surface area contributed by atoms with Crippen LogP contribution in [-0.4, -0.2) is 96.7 Å². The molecule has 532 valence electrons. The zero-order chi connectivity index (χ0) is 66.1. The summed E-state index contributed by atoms with van der Waals surface area (Å²) in [7, 11) is -9.91. The highest BCUT2D eigenvalue weighted by Crippen LogP contribution is 2.45. The number of aliphatic hydroxyl groups is 1. The molecule has 0 heterocycles. The molecule has 0 aliphatic rings. The van der Waals surface area contributed by atoms with Crippen molar-refractivity contribution in [1.29, 1.82) is 0 Å². The number of hydrogen-bond acceptors (Lipinski definition) is 15. The molecule has 0 aliphatic heterocycles. The second-order valence-electron chi connectivity index (χ2n) is 25.3. The number of carbonyl (C=O) groups is 4. The van der Waals surface area contributed by atoms with Gasteiger partial charge in [0.25, 0.3) is 0 Å². The molecule has 3 N–H and O–H groups in total.